The van der Waals surface area contributed by atoms with Gasteiger partial charge in [-0.25, -0.2) is 17.5 Å². The van der Waals surface area contributed by atoms with Crippen LogP contribution in [0.3, 0.4) is 0 Å². The molecule has 0 saturated carbocycles. The number of nitrogens with two attached hydrogens (primary N) is 1. The van der Waals surface area contributed by atoms with Crippen LogP contribution in [0.2, 0.25) is 0 Å². The molecule has 0 aromatic heterocycles. The van der Waals surface area contributed by atoms with Crippen LogP contribution < -0.4 is 10.5 Å². The zero-order valence-corrected chi connectivity index (χ0v) is 10.8. The number of halogens is 1. The molecule has 1 fully saturated rings. The second-order valence-electron chi connectivity index (χ2n) is 4.62. The predicted octanol–water partition coefficient (Wildman–Crippen LogP) is 0.865. The van der Waals surface area contributed by atoms with Crippen LogP contribution in [-0.2, 0) is 14.8 Å². The Morgan fingerprint density at radius 2 is 2.22 bits per heavy atom. The summed E-state index contributed by atoms with van der Waals surface area (Å²) >= 11 is 0. The Morgan fingerprint density at radius 3 is 2.83 bits per heavy atom. The summed E-state index contributed by atoms with van der Waals surface area (Å²) in [6.07, 6.45) is 0.571. The molecule has 18 heavy (non-hydrogen) atoms. The maximum Gasteiger partial charge on any atom is 0.243 e. The number of nitrogens with one attached hydrogen (secondary N) is 1. The van der Waals surface area contributed by atoms with Crippen molar-refractivity contribution in [1.29, 1.82) is 0 Å². The topological polar surface area (TPSA) is 81.4 Å². The van der Waals surface area contributed by atoms with E-state index in [1.807, 2.05) is 0 Å². The van der Waals surface area contributed by atoms with Crippen molar-refractivity contribution < 1.29 is 17.5 Å². The van der Waals surface area contributed by atoms with E-state index < -0.39 is 21.4 Å². The average molecular weight is 274 g/mol. The van der Waals surface area contributed by atoms with Gasteiger partial charge in [0.15, 0.2) is 0 Å². The second-order valence-corrected chi connectivity index (χ2v) is 6.27. The molecule has 1 aromatic carbocycles. The van der Waals surface area contributed by atoms with Gasteiger partial charge in [-0.2, -0.15) is 0 Å². The Labute approximate surface area is 105 Å². The Bertz CT molecular complexity index is 553. The van der Waals surface area contributed by atoms with Gasteiger partial charge in [0.25, 0.3) is 0 Å². The van der Waals surface area contributed by atoms with Gasteiger partial charge in [-0.15, -0.1) is 0 Å². The van der Waals surface area contributed by atoms with Crippen molar-refractivity contribution in [3.05, 3.63) is 24.0 Å². The molecule has 1 atom stereocenters. The summed E-state index contributed by atoms with van der Waals surface area (Å²) in [5.74, 6) is -0.745. The third-order valence-electron chi connectivity index (χ3n) is 2.90. The van der Waals surface area contributed by atoms with Gasteiger partial charge in [0.1, 0.15) is 10.7 Å². The third kappa shape index (κ3) is 2.47. The molecular weight excluding hydrogens is 259 g/mol. The summed E-state index contributed by atoms with van der Waals surface area (Å²) in [6.45, 7) is 2.53. The second kappa shape index (κ2) is 4.49. The molecule has 1 unspecified atom stereocenters. The van der Waals surface area contributed by atoms with Crippen LogP contribution in [0.5, 0.6) is 0 Å². The molecule has 1 aromatic rings. The molecule has 3 N–H and O–H groups in total. The molecule has 1 aliphatic rings. The Morgan fingerprint density at radius 1 is 1.50 bits per heavy atom. The zero-order valence-electron chi connectivity index (χ0n) is 9.94. The Balaban J connectivity index is 2.34. The quantitative estimate of drug-likeness (QED) is 0.801. The lowest BCUT2D eigenvalue weighted by Gasteiger charge is -2.23. The summed E-state index contributed by atoms with van der Waals surface area (Å²) in [6, 6.07) is 3.71. The van der Waals surface area contributed by atoms with Gasteiger partial charge in [0.05, 0.1) is 17.8 Å². The van der Waals surface area contributed by atoms with Gasteiger partial charge >= 0.3 is 0 Å². The molecule has 7 heteroatoms. The fourth-order valence-corrected chi connectivity index (χ4v) is 3.44. The van der Waals surface area contributed by atoms with Crippen LogP contribution in [-0.4, -0.2) is 27.2 Å². The van der Waals surface area contributed by atoms with E-state index in [-0.39, 0.29) is 10.6 Å². The number of sulfonamides is 1. The summed E-state index contributed by atoms with van der Waals surface area (Å²) in [5.41, 5.74) is 4.42. The maximum absolute atomic E-state index is 13.3. The summed E-state index contributed by atoms with van der Waals surface area (Å²) in [7, 11) is -3.85. The van der Waals surface area contributed by atoms with Crippen molar-refractivity contribution in [3.8, 4) is 0 Å². The highest BCUT2D eigenvalue weighted by Gasteiger charge is 2.35. The van der Waals surface area contributed by atoms with Crippen LogP contribution in [0.1, 0.15) is 13.3 Å². The van der Waals surface area contributed by atoms with E-state index in [1.165, 1.54) is 12.1 Å². The van der Waals surface area contributed by atoms with E-state index in [1.54, 1.807) is 6.92 Å². The minimum atomic E-state index is -3.85. The summed E-state index contributed by atoms with van der Waals surface area (Å²) < 4.78 is 45.3. The number of hydrogen-bond donors (Lipinski definition) is 2. The minimum absolute atomic E-state index is 0.240. The molecule has 0 spiro atoms. The summed E-state index contributed by atoms with van der Waals surface area (Å²) in [4.78, 5) is -0.240. The Kier molecular flexibility index (Phi) is 3.31. The van der Waals surface area contributed by atoms with E-state index in [0.29, 0.717) is 19.6 Å². The van der Waals surface area contributed by atoms with Crippen molar-refractivity contribution in [1.82, 2.24) is 4.72 Å². The highest BCUT2D eigenvalue weighted by Crippen LogP contribution is 2.25. The van der Waals surface area contributed by atoms with Crippen molar-refractivity contribution in [3.63, 3.8) is 0 Å². The Hall–Kier alpha value is -1.18. The smallest absolute Gasteiger partial charge is 0.243 e. The van der Waals surface area contributed by atoms with Crippen molar-refractivity contribution in [2.24, 2.45) is 0 Å². The first-order chi connectivity index (χ1) is 8.34. The van der Waals surface area contributed by atoms with Crippen LogP contribution in [0, 0.1) is 5.82 Å². The molecule has 1 heterocycles. The number of nitrogen functional groups attached to an aromatic ring is 1. The molecule has 1 saturated heterocycles. The number of para-hydroxylation sites is 1. The highest BCUT2D eigenvalue weighted by molar-refractivity contribution is 7.89. The lowest BCUT2D eigenvalue weighted by molar-refractivity contribution is 0.178. The van der Waals surface area contributed by atoms with Crippen LogP contribution >= 0.6 is 0 Å². The molecule has 0 aliphatic carbocycles. The third-order valence-corrected chi connectivity index (χ3v) is 4.60. The van der Waals surface area contributed by atoms with Gasteiger partial charge < -0.3 is 10.5 Å². The van der Waals surface area contributed by atoms with Crippen LogP contribution in [0.25, 0.3) is 0 Å². The molecule has 2 rings (SSSR count). The largest absolute Gasteiger partial charge is 0.395 e. The van der Waals surface area contributed by atoms with Gasteiger partial charge in [-0.1, -0.05) is 6.07 Å². The van der Waals surface area contributed by atoms with Gasteiger partial charge in [-0.05, 0) is 25.5 Å². The predicted molar refractivity (Wildman–Crippen MR) is 65.0 cm³/mol. The number of hydrogen-bond acceptors (Lipinski definition) is 4. The van der Waals surface area contributed by atoms with E-state index in [2.05, 4.69) is 4.72 Å². The fourth-order valence-electron chi connectivity index (χ4n) is 1.88. The molecule has 0 amide bonds. The number of ether oxygens (including phenoxy) is 1. The van der Waals surface area contributed by atoms with Crippen molar-refractivity contribution >= 4 is 15.7 Å². The van der Waals surface area contributed by atoms with Crippen molar-refractivity contribution in [2.45, 2.75) is 23.8 Å². The highest BCUT2D eigenvalue weighted by atomic mass is 32.2. The zero-order chi connectivity index (χ0) is 13.4. The van der Waals surface area contributed by atoms with Crippen molar-refractivity contribution in [2.75, 3.05) is 18.9 Å². The number of rotatable bonds is 3. The molecular formula is C11H15FN2O3S. The lowest BCUT2D eigenvalue weighted by atomic mass is 10.0. The molecule has 1 aliphatic heterocycles. The van der Waals surface area contributed by atoms with E-state index in [9.17, 15) is 12.8 Å². The van der Waals surface area contributed by atoms with Crippen LogP contribution in [0.15, 0.2) is 23.1 Å². The fraction of sp³-hybridized carbons (Fsp3) is 0.455. The normalized spacial score (nSPS) is 24.3. The number of benzene rings is 1. The monoisotopic (exact) mass is 274 g/mol. The minimum Gasteiger partial charge on any atom is -0.395 e. The molecule has 0 bridgehead atoms. The van der Waals surface area contributed by atoms with E-state index >= 15 is 0 Å². The standard InChI is InChI=1S/C11H15FN2O3S/c1-11(5-6-17-7-11)14-18(15,16)9-4-2-3-8(12)10(9)13/h2-4,14H,5-7,13H2,1H3. The van der Waals surface area contributed by atoms with Gasteiger partial charge in [-0.3, -0.25) is 0 Å². The van der Waals surface area contributed by atoms with Crippen LogP contribution in [0.4, 0.5) is 10.1 Å². The first-order valence-electron chi connectivity index (χ1n) is 5.50. The first-order valence-corrected chi connectivity index (χ1v) is 6.98. The van der Waals surface area contributed by atoms with E-state index in [0.717, 1.165) is 6.07 Å². The molecule has 0 radical (unpaired) electrons. The maximum atomic E-state index is 13.3. The number of anilines is 1. The van der Waals surface area contributed by atoms with E-state index in [4.69, 9.17) is 10.5 Å². The first kappa shape index (κ1) is 13.3. The molecule has 5 nitrogen and oxygen atoms in total. The summed E-state index contributed by atoms with van der Waals surface area (Å²) in [5, 5.41) is 0. The van der Waals surface area contributed by atoms with Gasteiger partial charge in [0.2, 0.25) is 10.0 Å². The SMILES string of the molecule is CC1(NS(=O)(=O)c2cccc(F)c2N)CCOC1. The average Bonchev–Trinajstić information content (AvgIpc) is 2.67. The molecule has 100 valence electrons. The lowest BCUT2D eigenvalue weighted by Crippen LogP contribution is -2.46. The van der Waals surface area contributed by atoms with Gasteiger partial charge in [0, 0.05) is 6.61 Å².